The molecule has 0 aliphatic heterocycles. The Kier molecular flexibility index (Phi) is 5.35. The highest BCUT2D eigenvalue weighted by Gasteiger charge is 2.07. The predicted octanol–water partition coefficient (Wildman–Crippen LogP) is 3.79. The maximum Gasteiger partial charge on any atom is 0.284 e. The van der Waals surface area contributed by atoms with Crippen molar-refractivity contribution >= 4 is 23.1 Å². The summed E-state index contributed by atoms with van der Waals surface area (Å²) in [6.45, 7) is 3.29. The molecule has 2 aromatic rings. The number of aryl methyl sites for hydroxylation is 1. The van der Waals surface area contributed by atoms with Crippen LogP contribution < -0.4 is 5.32 Å². The van der Waals surface area contributed by atoms with Crippen LogP contribution >= 0.6 is 23.1 Å². The summed E-state index contributed by atoms with van der Waals surface area (Å²) in [5.41, 5.74) is 2.85. The average molecular weight is 304 g/mol. The zero-order valence-electron chi connectivity index (χ0n) is 10.4. The minimum absolute atomic E-state index is 0.200. The minimum Gasteiger partial charge on any atom is -0.464 e. The molecule has 0 saturated carbocycles. The Balaban J connectivity index is 1.76. The van der Waals surface area contributed by atoms with Gasteiger partial charge in [0.15, 0.2) is 0 Å². The lowest BCUT2D eigenvalue weighted by Crippen LogP contribution is -2.11. The second-order valence-corrected chi connectivity index (χ2v) is 5.82. The van der Waals surface area contributed by atoms with E-state index in [4.69, 9.17) is 4.42 Å². The number of hydrogen-bond acceptors (Lipinski definition) is 5. The molecular formula is C12H14F2N2OS2. The number of thiazole rings is 1. The number of hydrogen-bond donors (Lipinski definition) is 1. The van der Waals surface area contributed by atoms with Gasteiger partial charge in [-0.25, -0.2) is 4.98 Å². The first-order valence-corrected chi connectivity index (χ1v) is 7.65. The molecule has 2 rings (SSSR count). The Hall–Kier alpha value is -0.920. The van der Waals surface area contributed by atoms with Gasteiger partial charge in [0.05, 0.1) is 23.5 Å². The normalized spacial score (nSPS) is 11.4. The third-order valence-electron chi connectivity index (χ3n) is 2.50. The van der Waals surface area contributed by atoms with Crippen molar-refractivity contribution < 1.29 is 13.2 Å². The number of thioether (sulfide) groups is 1. The molecule has 0 spiro atoms. The molecule has 3 nitrogen and oxygen atoms in total. The molecule has 0 radical (unpaired) electrons. The van der Waals surface area contributed by atoms with Crippen molar-refractivity contribution in [2.45, 2.75) is 31.5 Å². The molecule has 0 aliphatic carbocycles. The third kappa shape index (κ3) is 4.59. The summed E-state index contributed by atoms with van der Waals surface area (Å²) < 4.78 is 29.5. The van der Waals surface area contributed by atoms with Crippen LogP contribution in [0.25, 0.3) is 0 Å². The molecule has 0 unspecified atom stereocenters. The lowest BCUT2D eigenvalue weighted by Gasteiger charge is -2.01. The monoisotopic (exact) mass is 304 g/mol. The molecule has 19 heavy (non-hydrogen) atoms. The van der Waals surface area contributed by atoms with Crippen molar-refractivity contribution in [3.8, 4) is 0 Å². The Bertz CT molecular complexity index is 513. The highest BCUT2D eigenvalue weighted by molar-refractivity contribution is 7.98. The van der Waals surface area contributed by atoms with E-state index in [0.29, 0.717) is 24.1 Å². The van der Waals surface area contributed by atoms with Gasteiger partial charge in [0.2, 0.25) is 0 Å². The van der Waals surface area contributed by atoms with Gasteiger partial charge in [-0.15, -0.1) is 11.3 Å². The van der Waals surface area contributed by atoms with Crippen molar-refractivity contribution in [1.29, 1.82) is 0 Å². The minimum atomic E-state index is -2.36. The van der Waals surface area contributed by atoms with Gasteiger partial charge < -0.3 is 9.73 Å². The number of nitrogens with zero attached hydrogens (tertiary/aromatic N) is 1. The fraction of sp³-hybridized carbons (Fsp3) is 0.417. The first-order chi connectivity index (χ1) is 9.15. The molecule has 2 heterocycles. The van der Waals surface area contributed by atoms with E-state index in [1.165, 1.54) is 4.88 Å². The van der Waals surface area contributed by atoms with Crippen LogP contribution in [0.2, 0.25) is 0 Å². The molecule has 0 amide bonds. The Morgan fingerprint density at radius 2 is 2.16 bits per heavy atom. The zero-order chi connectivity index (χ0) is 13.7. The molecule has 7 heteroatoms. The van der Waals surface area contributed by atoms with E-state index >= 15 is 0 Å². The molecule has 1 N–H and O–H groups in total. The maximum absolute atomic E-state index is 12.0. The third-order valence-corrected chi connectivity index (χ3v) is 4.14. The molecule has 0 fully saturated rings. The van der Waals surface area contributed by atoms with E-state index in [9.17, 15) is 8.78 Å². The summed E-state index contributed by atoms with van der Waals surface area (Å²) in [5.74, 6) is -0.824. The molecule has 0 bridgehead atoms. The van der Waals surface area contributed by atoms with E-state index < -0.39 is 5.76 Å². The van der Waals surface area contributed by atoms with E-state index in [1.807, 2.05) is 18.5 Å². The maximum atomic E-state index is 12.0. The Morgan fingerprint density at radius 3 is 2.84 bits per heavy atom. The van der Waals surface area contributed by atoms with Crippen LogP contribution in [0.15, 0.2) is 22.1 Å². The number of nitrogens with one attached hydrogen (secondary N) is 1. The Labute approximate surface area is 118 Å². The number of halogens is 2. The fourth-order valence-electron chi connectivity index (χ4n) is 1.54. The lowest BCUT2D eigenvalue weighted by atomic mass is 10.4. The van der Waals surface area contributed by atoms with Gasteiger partial charge >= 0.3 is 0 Å². The second-order valence-electron chi connectivity index (χ2n) is 3.90. The SMILES string of the molecule is Cc1ncsc1CNCc1ccc(CSC(F)F)o1. The largest absolute Gasteiger partial charge is 0.464 e. The number of aromatic nitrogens is 1. The van der Waals surface area contributed by atoms with E-state index in [1.54, 1.807) is 17.4 Å². The molecule has 0 atom stereocenters. The van der Waals surface area contributed by atoms with Crippen molar-refractivity contribution in [1.82, 2.24) is 10.3 Å². The van der Waals surface area contributed by atoms with E-state index in [0.717, 1.165) is 18.0 Å². The van der Waals surface area contributed by atoms with Gasteiger partial charge in [0, 0.05) is 11.4 Å². The van der Waals surface area contributed by atoms with E-state index in [-0.39, 0.29) is 5.75 Å². The summed E-state index contributed by atoms with van der Waals surface area (Å²) in [7, 11) is 0. The van der Waals surface area contributed by atoms with Gasteiger partial charge in [0.25, 0.3) is 5.76 Å². The average Bonchev–Trinajstić information content (AvgIpc) is 2.97. The fourth-order valence-corrected chi connectivity index (χ4v) is 2.73. The number of alkyl halides is 2. The van der Waals surface area contributed by atoms with Crippen molar-refractivity contribution in [2.24, 2.45) is 0 Å². The zero-order valence-corrected chi connectivity index (χ0v) is 12.0. The lowest BCUT2D eigenvalue weighted by molar-refractivity contribution is 0.251. The highest BCUT2D eigenvalue weighted by atomic mass is 32.2. The number of furan rings is 1. The molecular weight excluding hydrogens is 290 g/mol. The van der Waals surface area contributed by atoms with Crippen LogP contribution in [-0.2, 0) is 18.8 Å². The topological polar surface area (TPSA) is 38.1 Å². The first kappa shape index (κ1) is 14.5. The van der Waals surface area contributed by atoms with Crippen molar-refractivity contribution in [3.05, 3.63) is 39.7 Å². The summed E-state index contributed by atoms with van der Waals surface area (Å²) in [5, 5.41) is 3.24. The molecule has 0 aliphatic rings. The van der Waals surface area contributed by atoms with Gasteiger partial charge in [-0.3, -0.25) is 0 Å². The van der Waals surface area contributed by atoms with Crippen LogP contribution in [0.3, 0.4) is 0 Å². The smallest absolute Gasteiger partial charge is 0.284 e. The standard InChI is InChI=1S/C12H14F2N2OS2/c1-8-11(19-7-16-8)5-15-4-9-2-3-10(17-9)6-18-12(13)14/h2-3,7,12,15H,4-6H2,1H3. The van der Waals surface area contributed by atoms with Gasteiger partial charge in [-0.2, -0.15) is 8.78 Å². The molecule has 104 valence electrons. The van der Waals surface area contributed by atoms with Crippen molar-refractivity contribution in [2.75, 3.05) is 0 Å². The van der Waals surface area contributed by atoms with Crippen LogP contribution in [0.5, 0.6) is 0 Å². The molecule has 0 aromatic carbocycles. The summed E-state index contributed by atoms with van der Waals surface area (Å²) in [6.07, 6.45) is 0. The summed E-state index contributed by atoms with van der Waals surface area (Å²) >= 11 is 2.18. The number of rotatable bonds is 7. The summed E-state index contributed by atoms with van der Waals surface area (Å²) in [6, 6.07) is 3.55. The van der Waals surface area contributed by atoms with Gasteiger partial charge in [-0.05, 0) is 19.1 Å². The molecule has 2 aromatic heterocycles. The quantitative estimate of drug-likeness (QED) is 0.844. The molecule has 0 saturated heterocycles. The van der Waals surface area contributed by atoms with Crippen LogP contribution in [0.1, 0.15) is 22.1 Å². The second kappa shape index (κ2) is 7.02. The predicted molar refractivity (Wildman–Crippen MR) is 73.4 cm³/mol. The Morgan fingerprint density at radius 1 is 1.37 bits per heavy atom. The van der Waals surface area contributed by atoms with Crippen LogP contribution in [-0.4, -0.2) is 10.7 Å². The first-order valence-electron chi connectivity index (χ1n) is 5.72. The van der Waals surface area contributed by atoms with Gasteiger partial charge in [0.1, 0.15) is 11.5 Å². The highest BCUT2D eigenvalue weighted by Crippen LogP contribution is 2.21. The summed E-state index contributed by atoms with van der Waals surface area (Å²) in [4.78, 5) is 5.36. The van der Waals surface area contributed by atoms with Crippen molar-refractivity contribution in [3.63, 3.8) is 0 Å². The van der Waals surface area contributed by atoms with Crippen LogP contribution in [0.4, 0.5) is 8.78 Å². The van der Waals surface area contributed by atoms with Gasteiger partial charge in [-0.1, -0.05) is 11.8 Å². The van der Waals surface area contributed by atoms with Crippen LogP contribution in [0, 0.1) is 6.92 Å². The van der Waals surface area contributed by atoms with E-state index in [2.05, 4.69) is 10.3 Å².